The van der Waals surface area contributed by atoms with Gasteiger partial charge in [-0.3, -0.25) is 9.69 Å². The minimum Gasteiger partial charge on any atom is -0.497 e. The molecule has 0 unspecified atom stereocenters. The summed E-state index contributed by atoms with van der Waals surface area (Å²) in [4.78, 5) is 18.2. The topological polar surface area (TPSA) is 98.2 Å². The van der Waals surface area contributed by atoms with E-state index in [2.05, 4.69) is 25.4 Å². The molecule has 2 aromatic carbocycles. The Morgan fingerprint density at radius 1 is 1.20 bits per heavy atom. The van der Waals surface area contributed by atoms with E-state index >= 15 is 0 Å². The number of fused-ring (bicyclic) bond motifs is 1. The zero-order valence-electron chi connectivity index (χ0n) is 20.1. The number of hydrogen-bond donors (Lipinski definition) is 1. The molecule has 0 amide bonds. The van der Waals surface area contributed by atoms with Gasteiger partial charge >= 0.3 is 0 Å². The normalized spacial score (nSPS) is 15.8. The van der Waals surface area contributed by atoms with E-state index in [-0.39, 0.29) is 11.7 Å². The van der Waals surface area contributed by atoms with E-state index in [9.17, 15) is 4.79 Å². The Balaban J connectivity index is 1.38. The van der Waals surface area contributed by atoms with Gasteiger partial charge in [0.2, 0.25) is 0 Å². The van der Waals surface area contributed by atoms with Crippen LogP contribution in [-0.2, 0) is 24.4 Å². The summed E-state index contributed by atoms with van der Waals surface area (Å²) in [6.07, 6.45) is 2.21. The third-order valence-corrected chi connectivity index (χ3v) is 6.51. The summed E-state index contributed by atoms with van der Waals surface area (Å²) in [7, 11) is 1.65. The minimum absolute atomic E-state index is 0.0676. The van der Waals surface area contributed by atoms with Gasteiger partial charge in [0.25, 0.3) is 5.56 Å². The van der Waals surface area contributed by atoms with Crippen LogP contribution in [0, 0.1) is 6.92 Å². The number of aromatic nitrogens is 5. The van der Waals surface area contributed by atoms with E-state index in [0.29, 0.717) is 26.2 Å². The van der Waals surface area contributed by atoms with Gasteiger partial charge in [0.1, 0.15) is 5.75 Å². The number of pyridine rings is 1. The smallest absolute Gasteiger partial charge is 0.252 e. The molecule has 1 aliphatic rings. The molecular formula is C26H30N6O3. The highest BCUT2D eigenvalue weighted by atomic mass is 16.5. The zero-order valence-corrected chi connectivity index (χ0v) is 20.1. The molecule has 1 saturated heterocycles. The summed E-state index contributed by atoms with van der Waals surface area (Å²) in [5, 5.41) is 13.5. The number of hydrogen-bond acceptors (Lipinski definition) is 7. The summed E-state index contributed by atoms with van der Waals surface area (Å²) < 4.78 is 13.0. The number of rotatable bonds is 9. The third kappa shape index (κ3) is 5.41. The molecule has 0 aliphatic carbocycles. The number of ether oxygens (including phenoxy) is 2. The molecule has 1 aliphatic heterocycles. The Morgan fingerprint density at radius 3 is 2.83 bits per heavy atom. The predicted octanol–water partition coefficient (Wildman–Crippen LogP) is 3.06. The number of nitrogens with zero attached hydrogens (tertiary/aromatic N) is 5. The predicted molar refractivity (Wildman–Crippen MR) is 132 cm³/mol. The standard InChI is InChI=1S/C26H30N6O3/c1-18-5-3-6-20-13-21(26(33)27-25(18)20)15-31(16-23-7-4-12-35-23)17-24-28-29-30-32(24)14-19-8-10-22(34-2)11-9-19/h3,5-6,8-11,13,23H,4,7,12,14-17H2,1-2H3,(H,27,33)/t23-/m0/s1. The molecule has 35 heavy (non-hydrogen) atoms. The van der Waals surface area contributed by atoms with E-state index in [1.807, 2.05) is 55.5 Å². The van der Waals surface area contributed by atoms with Gasteiger partial charge in [-0.1, -0.05) is 30.3 Å². The van der Waals surface area contributed by atoms with Crippen molar-refractivity contribution < 1.29 is 9.47 Å². The quantitative estimate of drug-likeness (QED) is 0.398. The second-order valence-corrected chi connectivity index (χ2v) is 9.07. The second kappa shape index (κ2) is 10.4. The highest BCUT2D eigenvalue weighted by Crippen LogP contribution is 2.19. The number of para-hydroxylation sites is 1. The molecule has 0 saturated carbocycles. The van der Waals surface area contributed by atoms with Crippen molar-refractivity contribution in [3.8, 4) is 5.75 Å². The molecular weight excluding hydrogens is 444 g/mol. The first-order valence-corrected chi connectivity index (χ1v) is 11.9. The fourth-order valence-corrected chi connectivity index (χ4v) is 4.61. The van der Waals surface area contributed by atoms with Crippen molar-refractivity contribution >= 4 is 10.9 Å². The van der Waals surface area contributed by atoms with Crippen LogP contribution in [0.5, 0.6) is 5.75 Å². The summed E-state index contributed by atoms with van der Waals surface area (Å²) in [6, 6.07) is 15.9. The molecule has 4 aromatic rings. The minimum atomic E-state index is -0.0676. The van der Waals surface area contributed by atoms with Gasteiger partial charge in [0.15, 0.2) is 5.82 Å². The molecule has 1 N–H and O–H groups in total. The molecule has 0 bridgehead atoms. The number of H-pyrrole nitrogens is 1. The van der Waals surface area contributed by atoms with E-state index < -0.39 is 0 Å². The fraction of sp³-hybridized carbons (Fsp3) is 0.385. The van der Waals surface area contributed by atoms with E-state index in [4.69, 9.17) is 9.47 Å². The number of benzene rings is 2. The average Bonchev–Trinajstić information content (AvgIpc) is 3.53. The monoisotopic (exact) mass is 474 g/mol. The maximum Gasteiger partial charge on any atom is 0.252 e. The molecule has 9 nitrogen and oxygen atoms in total. The lowest BCUT2D eigenvalue weighted by atomic mass is 10.1. The van der Waals surface area contributed by atoms with Crippen molar-refractivity contribution in [3.63, 3.8) is 0 Å². The maximum absolute atomic E-state index is 13.0. The van der Waals surface area contributed by atoms with E-state index in [1.165, 1.54) is 0 Å². The van der Waals surface area contributed by atoms with Gasteiger partial charge in [-0.15, -0.1) is 5.10 Å². The van der Waals surface area contributed by atoms with Gasteiger partial charge in [-0.25, -0.2) is 4.68 Å². The summed E-state index contributed by atoms with van der Waals surface area (Å²) in [5.74, 6) is 1.55. The number of tetrazole rings is 1. The van der Waals surface area contributed by atoms with Crippen LogP contribution in [0.2, 0.25) is 0 Å². The molecule has 9 heteroatoms. The Labute approximate surface area is 203 Å². The number of methoxy groups -OCH3 is 1. The first-order valence-electron chi connectivity index (χ1n) is 11.9. The van der Waals surface area contributed by atoms with Crippen molar-refractivity contribution in [1.29, 1.82) is 0 Å². The van der Waals surface area contributed by atoms with Gasteiger partial charge in [-0.05, 0) is 64.9 Å². The number of aromatic amines is 1. The van der Waals surface area contributed by atoms with Gasteiger partial charge in [-0.2, -0.15) is 0 Å². The first kappa shape index (κ1) is 23.2. The fourth-order valence-electron chi connectivity index (χ4n) is 4.61. The summed E-state index contributed by atoms with van der Waals surface area (Å²) >= 11 is 0. The van der Waals surface area contributed by atoms with Crippen LogP contribution in [0.15, 0.2) is 53.3 Å². The summed E-state index contributed by atoms with van der Waals surface area (Å²) in [5.41, 5.74) is 3.67. The molecule has 1 fully saturated rings. The molecule has 5 rings (SSSR count). The lowest BCUT2D eigenvalue weighted by Gasteiger charge is -2.24. The van der Waals surface area contributed by atoms with E-state index in [0.717, 1.165) is 58.6 Å². The number of aryl methyl sites for hydroxylation is 1. The van der Waals surface area contributed by atoms with Crippen molar-refractivity contribution in [3.05, 3.63) is 81.4 Å². The first-order chi connectivity index (χ1) is 17.1. The Hall–Kier alpha value is -3.56. The third-order valence-electron chi connectivity index (χ3n) is 6.51. The zero-order chi connectivity index (χ0) is 24.2. The largest absolute Gasteiger partial charge is 0.497 e. The molecule has 2 aromatic heterocycles. The van der Waals surface area contributed by atoms with E-state index in [1.54, 1.807) is 11.8 Å². The van der Waals surface area contributed by atoms with Gasteiger partial charge in [0, 0.05) is 25.3 Å². The Bertz CT molecular complexity index is 1340. The van der Waals surface area contributed by atoms with Crippen LogP contribution in [0.4, 0.5) is 0 Å². The molecule has 0 spiro atoms. The molecule has 0 radical (unpaired) electrons. The SMILES string of the molecule is COc1ccc(Cn2nnnc2CN(Cc2cc3cccc(C)c3[nH]c2=O)C[C@@H]2CCCO2)cc1. The van der Waals surface area contributed by atoms with Crippen LogP contribution in [0.3, 0.4) is 0 Å². The number of nitrogens with one attached hydrogen (secondary N) is 1. The van der Waals surface area contributed by atoms with Crippen molar-refractivity contribution in [2.45, 2.75) is 45.5 Å². The van der Waals surface area contributed by atoms with Crippen LogP contribution in [0.25, 0.3) is 10.9 Å². The van der Waals surface area contributed by atoms with Gasteiger partial charge in [0.05, 0.1) is 31.8 Å². The lowest BCUT2D eigenvalue weighted by molar-refractivity contribution is 0.0663. The summed E-state index contributed by atoms with van der Waals surface area (Å²) in [6.45, 7) is 5.03. The lowest BCUT2D eigenvalue weighted by Crippen LogP contribution is -2.34. The molecule has 182 valence electrons. The Morgan fingerprint density at radius 2 is 2.06 bits per heavy atom. The van der Waals surface area contributed by atoms with Crippen molar-refractivity contribution in [2.75, 3.05) is 20.3 Å². The van der Waals surface area contributed by atoms with Crippen LogP contribution >= 0.6 is 0 Å². The highest BCUT2D eigenvalue weighted by Gasteiger charge is 2.22. The van der Waals surface area contributed by atoms with Crippen LogP contribution < -0.4 is 10.3 Å². The van der Waals surface area contributed by atoms with Crippen LogP contribution in [-0.4, -0.2) is 56.5 Å². The van der Waals surface area contributed by atoms with Gasteiger partial charge < -0.3 is 14.5 Å². The highest BCUT2D eigenvalue weighted by molar-refractivity contribution is 5.81. The maximum atomic E-state index is 13.0. The van der Waals surface area contributed by atoms with Crippen molar-refractivity contribution in [1.82, 2.24) is 30.1 Å². The van der Waals surface area contributed by atoms with Crippen molar-refractivity contribution in [2.24, 2.45) is 0 Å². The average molecular weight is 475 g/mol. The van der Waals surface area contributed by atoms with Crippen LogP contribution in [0.1, 0.15) is 35.4 Å². The second-order valence-electron chi connectivity index (χ2n) is 9.07. The molecule has 1 atom stereocenters. The molecule has 3 heterocycles. The Kier molecular flexibility index (Phi) is 6.87.